The van der Waals surface area contributed by atoms with Crippen LogP contribution in [0.2, 0.25) is 0 Å². The maximum atomic E-state index is 13.4. The highest BCUT2D eigenvalue weighted by Gasteiger charge is 2.10. The lowest BCUT2D eigenvalue weighted by Crippen LogP contribution is -2.28. The van der Waals surface area contributed by atoms with E-state index in [9.17, 15) is 14.0 Å². The molecule has 0 aromatic heterocycles. The molecule has 0 atom stereocenters. The van der Waals surface area contributed by atoms with E-state index in [-0.39, 0.29) is 5.56 Å². The molecule has 0 aliphatic heterocycles. The third kappa shape index (κ3) is 2.99. The first-order valence-corrected chi connectivity index (χ1v) is 5.77. The van der Waals surface area contributed by atoms with Gasteiger partial charge in [-0.2, -0.15) is 0 Å². The van der Waals surface area contributed by atoms with Gasteiger partial charge in [0.05, 0.1) is 11.3 Å². The van der Waals surface area contributed by atoms with E-state index < -0.39 is 11.7 Å². The first kappa shape index (κ1) is 13.7. The molecule has 0 saturated heterocycles. The van der Waals surface area contributed by atoms with Gasteiger partial charge in [0.25, 0.3) is 5.91 Å². The number of benzene rings is 2. The third-order valence-electron chi connectivity index (χ3n) is 2.66. The van der Waals surface area contributed by atoms with Gasteiger partial charge in [0.2, 0.25) is 6.41 Å². The zero-order valence-electron chi connectivity index (χ0n) is 10.4. The van der Waals surface area contributed by atoms with Crippen molar-refractivity contribution in [3.63, 3.8) is 0 Å². The Morgan fingerprint density at radius 1 is 1.15 bits per heavy atom. The summed E-state index contributed by atoms with van der Waals surface area (Å²) in [5.41, 5.74) is 0.912. The number of rotatable bonds is 4. The lowest BCUT2D eigenvalue weighted by atomic mass is 10.2. The molecule has 2 rings (SSSR count). The summed E-state index contributed by atoms with van der Waals surface area (Å²) >= 11 is 0. The standard InChI is InChI=1S/C14H12FN3O2/c15-13-4-2-1-3-12(13)14(20)17-10-5-7-11(8-6-10)18(16)9-19/h1-9H,16H2,(H,17,20). The fourth-order valence-corrected chi connectivity index (χ4v) is 1.62. The Hall–Kier alpha value is -2.73. The molecule has 0 fully saturated rings. The van der Waals surface area contributed by atoms with Gasteiger partial charge in [-0.05, 0) is 36.4 Å². The molecule has 20 heavy (non-hydrogen) atoms. The summed E-state index contributed by atoms with van der Waals surface area (Å²) in [5, 5.41) is 3.46. The second-order valence-electron chi connectivity index (χ2n) is 3.99. The molecule has 2 aromatic rings. The minimum Gasteiger partial charge on any atom is -0.322 e. The number of amides is 2. The maximum absolute atomic E-state index is 13.4. The molecular weight excluding hydrogens is 261 g/mol. The smallest absolute Gasteiger partial charge is 0.258 e. The van der Waals surface area contributed by atoms with Gasteiger partial charge < -0.3 is 5.32 Å². The summed E-state index contributed by atoms with van der Waals surface area (Å²) < 4.78 is 13.4. The van der Waals surface area contributed by atoms with E-state index in [0.29, 0.717) is 17.8 Å². The van der Waals surface area contributed by atoms with E-state index in [0.717, 1.165) is 5.01 Å². The molecule has 0 bridgehead atoms. The summed E-state index contributed by atoms with van der Waals surface area (Å²) in [6.07, 6.45) is 0.465. The molecule has 6 heteroatoms. The molecule has 5 nitrogen and oxygen atoms in total. The lowest BCUT2D eigenvalue weighted by molar-refractivity contribution is -0.107. The second kappa shape index (κ2) is 5.94. The van der Waals surface area contributed by atoms with Crippen molar-refractivity contribution in [2.24, 2.45) is 5.84 Å². The Kier molecular flexibility index (Phi) is 4.07. The zero-order chi connectivity index (χ0) is 14.5. The van der Waals surface area contributed by atoms with Crippen molar-refractivity contribution in [3.8, 4) is 0 Å². The molecule has 0 aliphatic carbocycles. The van der Waals surface area contributed by atoms with Crippen molar-refractivity contribution in [2.75, 3.05) is 10.3 Å². The summed E-state index contributed by atoms with van der Waals surface area (Å²) in [4.78, 5) is 22.3. The highest BCUT2D eigenvalue weighted by Crippen LogP contribution is 2.16. The number of hydrogen-bond acceptors (Lipinski definition) is 3. The normalized spacial score (nSPS) is 9.90. The average molecular weight is 273 g/mol. The number of nitrogens with two attached hydrogens (primary N) is 1. The van der Waals surface area contributed by atoms with Gasteiger partial charge >= 0.3 is 0 Å². The van der Waals surface area contributed by atoms with E-state index >= 15 is 0 Å². The van der Waals surface area contributed by atoms with E-state index in [1.165, 1.54) is 18.2 Å². The molecule has 0 aliphatic rings. The van der Waals surface area contributed by atoms with Crippen molar-refractivity contribution in [1.82, 2.24) is 0 Å². The number of hydrogen-bond donors (Lipinski definition) is 2. The predicted octanol–water partition coefficient (Wildman–Crippen LogP) is 1.91. The number of hydrazine groups is 1. The van der Waals surface area contributed by atoms with Gasteiger partial charge in [0.15, 0.2) is 0 Å². The summed E-state index contributed by atoms with van der Waals surface area (Å²) in [5.74, 6) is 4.25. The third-order valence-corrected chi connectivity index (χ3v) is 2.66. The van der Waals surface area contributed by atoms with Crippen molar-refractivity contribution >= 4 is 23.7 Å². The molecule has 2 amide bonds. The number of carbonyl (C=O) groups is 2. The Morgan fingerprint density at radius 2 is 1.80 bits per heavy atom. The Morgan fingerprint density at radius 3 is 2.40 bits per heavy atom. The number of nitrogens with zero attached hydrogens (tertiary/aromatic N) is 1. The zero-order valence-corrected chi connectivity index (χ0v) is 10.4. The molecule has 0 saturated carbocycles. The minimum atomic E-state index is -0.587. The predicted molar refractivity (Wildman–Crippen MR) is 73.5 cm³/mol. The molecule has 0 heterocycles. The van der Waals surface area contributed by atoms with E-state index in [1.54, 1.807) is 30.3 Å². The summed E-state index contributed by atoms with van der Waals surface area (Å²) in [7, 11) is 0. The van der Waals surface area contributed by atoms with Crippen molar-refractivity contribution in [3.05, 3.63) is 59.9 Å². The first-order valence-electron chi connectivity index (χ1n) is 5.77. The van der Waals surface area contributed by atoms with E-state index in [4.69, 9.17) is 5.84 Å². The van der Waals surface area contributed by atoms with Crippen LogP contribution in [0.25, 0.3) is 0 Å². The van der Waals surface area contributed by atoms with E-state index in [1.807, 2.05) is 0 Å². The number of nitrogens with one attached hydrogen (secondary N) is 1. The monoisotopic (exact) mass is 273 g/mol. The van der Waals surface area contributed by atoms with Crippen LogP contribution in [0.5, 0.6) is 0 Å². The van der Waals surface area contributed by atoms with Crippen molar-refractivity contribution in [2.45, 2.75) is 0 Å². The molecule has 0 spiro atoms. The van der Waals surface area contributed by atoms with Gasteiger partial charge in [-0.1, -0.05) is 12.1 Å². The van der Waals surface area contributed by atoms with Crippen LogP contribution in [0.15, 0.2) is 48.5 Å². The molecule has 2 aromatic carbocycles. The van der Waals surface area contributed by atoms with Crippen LogP contribution < -0.4 is 16.2 Å². The Balaban J connectivity index is 2.12. The average Bonchev–Trinajstić information content (AvgIpc) is 2.47. The SMILES string of the molecule is NN(C=O)c1ccc(NC(=O)c2ccccc2F)cc1. The van der Waals surface area contributed by atoms with E-state index in [2.05, 4.69) is 5.32 Å². The topological polar surface area (TPSA) is 75.4 Å². The van der Waals surface area contributed by atoms with Gasteiger partial charge in [-0.25, -0.2) is 10.2 Å². The van der Waals surface area contributed by atoms with Crippen LogP contribution in [0.3, 0.4) is 0 Å². The van der Waals surface area contributed by atoms with Crippen molar-refractivity contribution in [1.29, 1.82) is 0 Å². The van der Waals surface area contributed by atoms with Gasteiger partial charge in [-0.15, -0.1) is 0 Å². The second-order valence-corrected chi connectivity index (χ2v) is 3.99. The summed E-state index contributed by atoms with van der Waals surface area (Å²) in [6, 6.07) is 12.0. The molecule has 3 N–H and O–H groups in total. The quantitative estimate of drug-likeness (QED) is 0.387. The highest BCUT2D eigenvalue weighted by atomic mass is 19.1. The van der Waals surface area contributed by atoms with Crippen LogP contribution in [0, 0.1) is 5.82 Å². The Labute approximate surface area is 114 Å². The largest absolute Gasteiger partial charge is 0.322 e. The first-order chi connectivity index (χ1) is 9.61. The van der Waals surface area contributed by atoms with Gasteiger partial charge in [0, 0.05) is 5.69 Å². The molecular formula is C14H12FN3O2. The number of halogens is 1. The lowest BCUT2D eigenvalue weighted by Gasteiger charge is -2.11. The fraction of sp³-hybridized carbons (Fsp3) is 0. The van der Waals surface area contributed by atoms with Crippen LogP contribution in [-0.2, 0) is 4.79 Å². The molecule has 0 radical (unpaired) electrons. The number of anilines is 2. The summed E-state index contributed by atoms with van der Waals surface area (Å²) in [6.45, 7) is 0. The van der Waals surface area contributed by atoms with Crippen LogP contribution in [-0.4, -0.2) is 12.3 Å². The number of carbonyl (C=O) groups excluding carboxylic acids is 2. The molecule has 0 unspecified atom stereocenters. The van der Waals surface area contributed by atoms with Crippen LogP contribution in [0.1, 0.15) is 10.4 Å². The van der Waals surface area contributed by atoms with Crippen LogP contribution >= 0.6 is 0 Å². The minimum absolute atomic E-state index is 0.0371. The van der Waals surface area contributed by atoms with Crippen molar-refractivity contribution < 1.29 is 14.0 Å². The van der Waals surface area contributed by atoms with Crippen LogP contribution in [0.4, 0.5) is 15.8 Å². The van der Waals surface area contributed by atoms with Gasteiger partial charge in [0.1, 0.15) is 5.82 Å². The Bertz CT molecular complexity index is 629. The molecule has 102 valence electrons. The maximum Gasteiger partial charge on any atom is 0.258 e. The van der Waals surface area contributed by atoms with Gasteiger partial charge in [-0.3, -0.25) is 14.6 Å². The highest BCUT2D eigenvalue weighted by molar-refractivity contribution is 6.04. The fourth-order valence-electron chi connectivity index (χ4n) is 1.62.